The number of aliphatic hydroxyl groups is 1. The van der Waals surface area contributed by atoms with E-state index in [9.17, 15) is 19.5 Å². The molecule has 0 spiro atoms. The van der Waals surface area contributed by atoms with Crippen molar-refractivity contribution in [2.75, 3.05) is 39.1 Å². The highest BCUT2D eigenvalue weighted by atomic mass is 16.5. The summed E-state index contributed by atoms with van der Waals surface area (Å²) in [6, 6.07) is 18.6. The summed E-state index contributed by atoms with van der Waals surface area (Å²) in [6.07, 6.45) is -0.412. The Kier molecular flexibility index (Phi) is 8.83. The summed E-state index contributed by atoms with van der Waals surface area (Å²) in [6.45, 7) is 1.43. The Morgan fingerprint density at radius 1 is 0.756 bits per heavy atom. The van der Waals surface area contributed by atoms with E-state index in [1.807, 2.05) is 0 Å². The zero-order valence-corrected chi connectivity index (χ0v) is 23.6. The first-order chi connectivity index (χ1) is 19.6. The number of hydrogen-bond donors (Lipinski definition) is 3. The van der Waals surface area contributed by atoms with E-state index in [1.165, 1.54) is 35.4 Å². The Labute approximate surface area is 238 Å². The number of benzene rings is 3. The third-order valence-electron chi connectivity index (χ3n) is 7.35. The number of ketones is 1. The molecule has 1 fully saturated rings. The third kappa shape index (κ3) is 5.97. The molecule has 3 aromatic carbocycles. The topological polar surface area (TPSA) is 132 Å². The maximum atomic E-state index is 14.0. The molecular formula is C31H34N2O8. The van der Waals surface area contributed by atoms with Crippen LogP contribution in [0.2, 0.25) is 0 Å². The first-order valence-corrected chi connectivity index (χ1v) is 13.0. The lowest BCUT2D eigenvalue weighted by molar-refractivity contribution is -0.150. The van der Waals surface area contributed by atoms with E-state index < -0.39 is 47.4 Å². The van der Waals surface area contributed by atoms with Crippen molar-refractivity contribution in [1.82, 2.24) is 0 Å². The number of amides is 2. The summed E-state index contributed by atoms with van der Waals surface area (Å²) in [4.78, 5) is 41.5. The molecule has 10 heteroatoms. The van der Waals surface area contributed by atoms with Crippen molar-refractivity contribution in [3.05, 3.63) is 72.3 Å². The van der Waals surface area contributed by atoms with Crippen molar-refractivity contribution in [3.8, 4) is 23.0 Å². The second-order valence-corrected chi connectivity index (χ2v) is 9.97. The smallest absolute Gasteiger partial charge is 0.235 e. The second-order valence-electron chi connectivity index (χ2n) is 9.97. The molecule has 2 amide bonds. The molecule has 0 unspecified atom stereocenters. The van der Waals surface area contributed by atoms with E-state index in [-0.39, 0.29) is 0 Å². The highest BCUT2D eigenvalue weighted by Gasteiger charge is 2.56. The van der Waals surface area contributed by atoms with Gasteiger partial charge in [-0.2, -0.15) is 0 Å². The van der Waals surface area contributed by atoms with Crippen molar-refractivity contribution < 1.29 is 38.4 Å². The van der Waals surface area contributed by atoms with Crippen LogP contribution in [0.1, 0.15) is 24.8 Å². The van der Waals surface area contributed by atoms with Crippen LogP contribution in [0.15, 0.2) is 66.7 Å². The molecule has 0 aromatic heterocycles. The summed E-state index contributed by atoms with van der Waals surface area (Å²) in [5, 5.41) is 17.2. The van der Waals surface area contributed by atoms with Crippen LogP contribution in [-0.2, 0) is 14.4 Å². The van der Waals surface area contributed by atoms with Gasteiger partial charge >= 0.3 is 0 Å². The van der Waals surface area contributed by atoms with E-state index in [4.69, 9.17) is 18.9 Å². The van der Waals surface area contributed by atoms with Crippen LogP contribution in [-0.4, -0.2) is 56.7 Å². The SMILES string of the molecule is COc1ccccc1NC(=O)[C@@H]1C(=O)C[C@](C)(O)[C@@H](C(=O)Nc2ccccc2OC)[C@H]1c1ccc(OC)c(OC)c1. The Morgan fingerprint density at radius 3 is 1.80 bits per heavy atom. The second kappa shape index (κ2) is 12.3. The molecule has 0 bridgehead atoms. The van der Waals surface area contributed by atoms with Gasteiger partial charge in [-0.3, -0.25) is 14.4 Å². The predicted molar refractivity (Wildman–Crippen MR) is 153 cm³/mol. The molecule has 216 valence electrons. The highest BCUT2D eigenvalue weighted by Crippen LogP contribution is 2.48. The molecule has 1 aliphatic carbocycles. The maximum absolute atomic E-state index is 14.0. The minimum Gasteiger partial charge on any atom is -0.495 e. The van der Waals surface area contributed by atoms with Crippen molar-refractivity contribution in [2.24, 2.45) is 11.8 Å². The Hall–Kier alpha value is -4.57. The number of rotatable bonds is 9. The lowest BCUT2D eigenvalue weighted by atomic mass is 9.61. The molecule has 3 aromatic rings. The van der Waals surface area contributed by atoms with Gasteiger partial charge in [0.2, 0.25) is 11.8 Å². The van der Waals surface area contributed by atoms with Gasteiger partial charge in [0, 0.05) is 12.3 Å². The summed E-state index contributed by atoms with van der Waals surface area (Å²) < 4.78 is 21.6. The van der Waals surface area contributed by atoms with Gasteiger partial charge in [-0.15, -0.1) is 0 Å². The number of para-hydroxylation sites is 4. The van der Waals surface area contributed by atoms with Gasteiger partial charge in [0.05, 0.1) is 51.3 Å². The van der Waals surface area contributed by atoms with Crippen LogP contribution in [0.4, 0.5) is 11.4 Å². The van der Waals surface area contributed by atoms with Gasteiger partial charge in [0.1, 0.15) is 23.2 Å². The van der Waals surface area contributed by atoms with Crippen LogP contribution in [0, 0.1) is 11.8 Å². The van der Waals surface area contributed by atoms with Gasteiger partial charge in [0.15, 0.2) is 11.5 Å². The van der Waals surface area contributed by atoms with E-state index in [2.05, 4.69) is 10.6 Å². The number of methoxy groups -OCH3 is 4. The monoisotopic (exact) mass is 562 g/mol. The Morgan fingerprint density at radius 2 is 1.27 bits per heavy atom. The standard InChI is InChI=1S/C31H34N2O8/c1-31(37)17-21(34)27(29(35)32-19-10-6-8-12-22(19)38-2)26(18-14-15-24(40-4)25(16-18)41-5)28(31)30(36)33-20-11-7-9-13-23(20)39-3/h6-16,26-28,37H,17H2,1-5H3,(H,32,35)(H,33,36)/t26-,27+,28+,31-/m0/s1. The van der Waals surface area contributed by atoms with E-state index in [1.54, 1.807) is 66.7 Å². The van der Waals surface area contributed by atoms with Gasteiger partial charge < -0.3 is 34.7 Å². The van der Waals surface area contributed by atoms with Crippen molar-refractivity contribution in [1.29, 1.82) is 0 Å². The Balaban J connectivity index is 1.84. The van der Waals surface area contributed by atoms with Crippen LogP contribution in [0.3, 0.4) is 0 Å². The highest BCUT2D eigenvalue weighted by molar-refractivity contribution is 6.11. The molecule has 10 nitrogen and oxygen atoms in total. The third-order valence-corrected chi connectivity index (χ3v) is 7.35. The number of anilines is 2. The molecule has 0 heterocycles. The summed E-state index contributed by atoms with van der Waals surface area (Å²) >= 11 is 0. The van der Waals surface area contributed by atoms with Crippen LogP contribution >= 0.6 is 0 Å². The number of hydrogen-bond acceptors (Lipinski definition) is 8. The zero-order valence-electron chi connectivity index (χ0n) is 23.6. The summed E-state index contributed by atoms with van der Waals surface area (Å²) in [5.41, 5.74) is -0.598. The number of carbonyl (C=O) groups excluding carboxylic acids is 3. The normalized spacial score (nSPS) is 21.9. The predicted octanol–water partition coefficient (Wildman–Crippen LogP) is 4.04. The molecule has 41 heavy (non-hydrogen) atoms. The van der Waals surface area contributed by atoms with Crippen molar-refractivity contribution in [2.45, 2.75) is 24.9 Å². The first-order valence-electron chi connectivity index (χ1n) is 13.0. The number of Topliss-reactive ketones (excluding diaryl/α,β-unsaturated/α-hetero) is 1. The molecule has 0 radical (unpaired) electrons. The van der Waals surface area contributed by atoms with Crippen LogP contribution in [0.25, 0.3) is 0 Å². The molecule has 1 aliphatic rings. The van der Waals surface area contributed by atoms with Gasteiger partial charge in [-0.1, -0.05) is 30.3 Å². The molecule has 3 N–H and O–H groups in total. The fourth-order valence-electron chi connectivity index (χ4n) is 5.47. The fraction of sp³-hybridized carbons (Fsp3) is 0.323. The zero-order chi connectivity index (χ0) is 29.7. The largest absolute Gasteiger partial charge is 0.495 e. The molecule has 0 saturated heterocycles. The van der Waals surface area contributed by atoms with E-state index >= 15 is 0 Å². The average Bonchev–Trinajstić information content (AvgIpc) is 2.96. The molecule has 4 rings (SSSR count). The molecule has 0 aliphatic heterocycles. The number of carbonyl (C=O) groups is 3. The molecular weight excluding hydrogens is 528 g/mol. The van der Waals surface area contributed by atoms with Gasteiger partial charge in [-0.05, 0) is 48.9 Å². The molecule has 1 saturated carbocycles. The minimum atomic E-state index is -1.79. The lowest BCUT2D eigenvalue weighted by Gasteiger charge is -2.44. The number of nitrogens with one attached hydrogen (secondary N) is 2. The lowest BCUT2D eigenvalue weighted by Crippen LogP contribution is -2.56. The average molecular weight is 563 g/mol. The Bertz CT molecular complexity index is 1440. The van der Waals surface area contributed by atoms with Gasteiger partial charge in [-0.25, -0.2) is 0 Å². The van der Waals surface area contributed by atoms with Crippen LogP contribution < -0.4 is 29.6 Å². The summed E-state index contributed by atoms with van der Waals surface area (Å²) in [7, 11) is 5.89. The molecule has 4 atom stereocenters. The van der Waals surface area contributed by atoms with Crippen molar-refractivity contribution in [3.63, 3.8) is 0 Å². The maximum Gasteiger partial charge on any atom is 0.235 e. The first kappa shape index (κ1) is 29.4. The number of ether oxygens (including phenoxy) is 4. The minimum absolute atomic E-state index is 0.343. The fourth-order valence-corrected chi connectivity index (χ4v) is 5.47. The van der Waals surface area contributed by atoms with Crippen molar-refractivity contribution >= 4 is 29.0 Å². The summed E-state index contributed by atoms with van der Waals surface area (Å²) in [5.74, 6) is -3.76. The van der Waals surface area contributed by atoms with Crippen LogP contribution in [0.5, 0.6) is 23.0 Å². The quantitative estimate of drug-likeness (QED) is 0.333. The van der Waals surface area contributed by atoms with E-state index in [0.717, 1.165) is 0 Å². The van der Waals surface area contributed by atoms with Gasteiger partial charge in [0.25, 0.3) is 0 Å². The van der Waals surface area contributed by atoms with E-state index in [0.29, 0.717) is 39.9 Å².